The Morgan fingerprint density at radius 3 is 3.16 bits per heavy atom. The molecule has 1 aromatic heterocycles. The number of H-pyrrole nitrogens is 1. The quantitative estimate of drug-likeness (QED) is 0.805. The lowest BCUT2D eigenvalue weighted by Crippen LogP contribution is -2.34. The first-order valence-electron chi connectivity index (χ1n) is 6.08. The molecule has 0 unspecified atom stereocenters. The molecule has 5 nitrogen and oxygen atoms in total. The predicted octanol–water partition coefficient (Wildman–Crippen LogP) is 1.84. The van der Waals surface area contributed by atoms with Gasteiger partial charge in [-0.25, -0.2) is 4.98 Å². The number of carbonyl (C=O) groups excluding carboxylic acids is 1. The fraction of sp³-hybridized carbons (Fsp3) is 0.286. The van der Waals surface area contributed by atoms with E-state index < -0.39 is 0 Å². The number of ether oxygens (including phenoxy) is 1. The smallest absolute Gasteiger partial charge is 0.254 e. The van der Waals surface area contributed by atoms with Crippen LogP contribution in [0.3, 0.4) is 0 Å². The molecule has 0 radical (unpaired) electrons. The second-order valence-corrected chi connectivity index (χ2v) is 4.17. The zero-order chi connectivity index (χ0) is 13.7. The van der Waals surface area contributed by atoms with Crippen molar-refractivity contribution in [3.05, 3.63) is 42.7 Å². The SMILES string of the molecule is C=CCN(CCOC)C(=O)c1ccc2nc[nH]c2c1. The van der Waals surface area contributed by atoms with Crippen LogP contribution >= 0.6 is 0 Å². The molecule has 0 aliphatic carbocycles. The average molecular weight is 259 g/mol. The Kier molecular flexibility index (Phi) is 4.30. The molecule has 1 N–H and O–H groups in total. The van der Waals surface area contributed by atoms with E-state index in [1.165, 1.54) is 0 Å². The van der Waals surface area contributed by atoms with Crippen LogP contribution < -0.4 is 0 Å². The van der Waals surface area contributed by atoms with E-state index in [0.29, 0.717) is 25.3 Å². The zero-order valence-corrected chi connectivity index (χ0v) is 10.9. The molecule has 19 heavy (non-hydrogen) atoms. The van der Waals surface area contributed by atoms with Crippen molar-refractivity contribution < 1.29 is 9.53 Å². The molecule has 100 valence electrons. The summed E-state index contributed by atoms with van der Waals surface area (Å²) in [5, 5.41) is 0. The van der Waals surface area contributed by atoms with Gasteiger partial charge >= 0.3 is 0 Å². The normalized spacial score (nSPS) is 10.6. The summed E-state index contributed by atoms with van der Waals surface area (Å²) in [6.07, 6.45) is 3.33. The van der Waals surface area contributed by atoms with Gasteiger partial charge in [0.1, 0.15) is 0 Å². The van der Waals surface area contributed by atoms with E-state index in [0.717, 1.165) is 11.0 Å². The minimum Gasteiger partial charge on any atom is -0.383 e. The molecule has 0 atom stereocenters. The average Bonchev–Trinajstić information content (AvgIpc) is 2.90. The van der Waals surface area contributed by atoms with E-state index in [1.54, 1.807) is 30.5 Å². The van der Waals surface area contributed by atoms with Gasteiger partial charge in [0.05, 0.1) is 24.0 Å². The fourth-order valence-corrected chi connectivity index (χ4v) is 1.88. The number of hydrogen-bond donors (Lipinski definition) is 1. The van der Waals surface area contributed by atoms with Gasteiger partial charge in [0.2, 0.25) is 0 Å². The van der Waals surface area contributed by atoms with Gasteiger partial charge in [-0.05, 0) is 18.2 Å². The van der Waals surface area contributed by atoms with Crippen molar-refractivity contribution in [3.63, 3.8) is 0 Å². The second-order valence-electron chi connectivity index (χ2n) is 4.17. The number of nitrogens with one attached hydrogen (secondary N) is 1. The molecule has 0 fully saturated rings. The summed E-state index contributed by atoms with van der Waals surface area (Å²) in [6.45, 7) is 5.23. The Morgan fingerprint density at radius 1 is 1.58 bits per heavy atom. The lowest BCUT2D eigenvalue weighted by molar-refractivity contribution is 0.0718. The highest BCUT2D eigenvalue weighted by molar-refractivity contribution is 5.97. The molecular formula is C14H17N3O2. The Bertz CT molecular complexity index is 577. The third-order valence-corrected chi connectivity index (χ3v) is 2.87. The van der Waals surface area contributed by atoms with Gasteiger partial charge in [-0.2, -0.15) is 0 Å². The number of carbonyl (C=O) groups is 1. The van der Waals surface area contributed by atoms with Crippen molar-refractivity contribution in [1.82, 2.24) is 14.9 Å². The highest BCUT2D eigenvalue weighted by Crippen LogP contribution is 2.13. The summed E-state index contributed by atoms with van der Waals surface area (Å²) in [6, 6.07) is 5.43. The van der Waals surface area contributed by atoms with E-state index in [1.807, 2.05) is 12.1 Å². The lowest BCUT2D eigenvalue weighted by Gasteiger charge is -2.20. The Labute approximate surface area is 111 Å². The molecular weight excluding hydrogens is 242 g/mol. The monoisotopic (exact) mass is 259 g/mol. The summed E-state index contributed by atoms with van der Waals surface area (Å²) >= 11 is 0. The Balaban J connectivity index is 2.21. The number of imidazole rings is 1. The molecule has 1 amide bonds. The van der Waals surface area contributed by atoms with Crippen molar-refractivity contribution in [3.8, 4) is 0 Å². The highest BCUT2D eigenvalue weighted by atomic mass is 16.5. The van der Waals surface area contributed by atoms with Crippen molar-refractivity contribution in [1.29, 1.82) is 0 Å². The summed E-state index contributed by atoms with van der Waals surface area (Å²) in [7, 11) is 1.62. The van der Waals surface area contributed by atoms with Crippen LogP contribution in [0.2, 0.25) is 0 Å². The van der Waals surface area contributed by atoms with Crippen LogP contribution in [-0.4, -0.2) is 47.6 Å². The number of hydrogen-bond acceptors (Lipinski definition) is 3. The number of amides is 1. The molecule has 0 aliphatic rings. The number of methoxy groups -OCH3 is 1. The maximum absolute atomic E-state index is 12.4. The van der Waals surface area contributed by atoms with Crippen LogP contribution in [0.25, 0.3) is 11.0 Å². The molecule has 1 aromatic carbocycles. The zero-order valence-electron chi connectivity index (χ0n) is 10.9. The van der Waals surface area contributed by atoms with Crippen LogP contribution in [0.4, 0.5) is 0 Å². The Hall–Kier alpha value is -2.14. The molecule has 0 saturated carbocycles. The number of aromatic nitrogens is 2. The molecule has 0 spiro atoms. The number of rotatable bonds is 6. The van der Waals surface area contributed by atoms with E-state index in [4.69, 9.17) is 4.74 Å². The molecule has 0 bridgehead atoms. The number of aromatic amines is 1. The fourth-order valence-electron chi connectivity index (χ4n) is 1.88. The van der Waals surface area contributed by atoms with Crippen molar-refractivity contribution >= 4 is 16.9 Å². The first-order valence-corrected chi connectivity index (χ1v) is 6.08. The number of fused-ring (bicyclic) bond motifs is 1. The molecule has 0 saturated heterocycles. The molecule has 2 rings (SSSR count). The molecule has 0 aliphatic heterocycles. The summed E-state index contributed by atoms with van der Waals surface area (Å²) < 4.78 is 5.02. The third kappa shape index (κ3) is 3.00. The van der Waals surface area contributed by atoms with E-state index in [-0.39, 0.29) is 5.91 Å². The van der Waals surface area contributed by atoms with Gasteiger partial charge in [-0.15, -0.1) is 6.58 Å². The summed E-state index contributed by atoms with van der Waals surface area (Å²) in [4.78, 5) is 21.2. The van der Waals surface area contributed by atoms with Gasteiger partial charge in [0.15, 0.2) is 0 Å². The van der Waals surface area contributed by atoms with Crippen LogP contribution in [0.1, 0.15) is 10.4 Å². The first kappa shape index (κ1) is 13.3. The van der Waals surface area contributed by atoms with Gasteiger partial charge in [-0.3, -0.25) is 4.79 Å². The third-order valence-electron chi connectivity index (χ3n) is 2.87. The molecule has 2 aromatic rings. The number of nitrogens with zero attached hydrogens (tertiary/aromatic N) is 2. The Morgan fingerprint density at radius 2 is 2.42 bits per heavy atom. The van der Waals surface area contributed by atoms with Crippen LogP contribution in [-0.2, 0) is 4.74 Å². The lowest BCUT2D eigenvalue weighted by atomic mass is 10.1. The minimum absolute atomic E-state index is 0.0338. The van der Waals surface area contributed by atoms with Gasteiger partial charge < -0.3 is 14.6 Å². The molecule has 1 heterocycles. The topological polar surface area (TPSA) is 58.2 Å². The highest BCUT2D eigenvalue weighted by Gasteiger charge is 2.14. The standard InChI is InChI=1S/C14H17N3O2/c1-3-6-17(7-8-19-2)14(18)11-4-5-12-13(9-11)16-10-15-12/h3-5,9-10H,1,6-8H2,2H3,(H,15,16). The first-order chi connectivity index (χ1) is 9.26. The summed E-state index contributed by atoms with van der Waals surface area (Å²) in [5.74, 6) is -0.0338. The van der Waals surface area contributed by atoms with Crippen molar-refractivity contribution in [2.45, 2.75) is 0 Å². The summed E-state index contributed by atoms with van der Waals surface area (Å²) in [5.41, 5.74) is 2.34. The van der Waals surface area contributed by atoms with E-state index >= 15 is 0 Å². The minimum atomic E-state index is -0.0338. The van der Waals surface area contributed by atoms with Crippen molar-refractivity contribution in [2.24, 2.45) is 0 Å². The van der Waals surface area contributed by atoms with Crippen LogP contribution in [0.5, 0.6) is 0 Å². The second kappa shape index (κ2) is 6.15. The maximum Gasteiger partial charge on any atom is 0.254 e. The largest absolute Gasteiger partial charge is 0.383 e. The van der Waals surface area contributed by atoms with Crippen molar-refractivity contribution in [2.75, 3.05) is 26.8 Å². The number of benzene rings is 1. The van der Waals surface area contributed by atoms with Crippen LogP contribution in [0.15, 0.2) is 37.2 Å². The van der Waals surface area contributed by atoms with Gasteiger partial charge in [0, 0.05) is 25.8 Å². The van der Waals surface area contributed by atoms with Gasteiger partial charge in [0.25, 0.3) is 5.91 Å². The van der Waals surface area contributed by atoms with Crippen LogP contribution in [0, 0.1) is 0 Å². The predicted molar refractivity (Wildman–Crippen MR) is 74.1 cm³/mol. The van der Waals surface area contributed by atoms with E-state index in [9.17, 15) is 4.79 Å². The maximum atomic E-state index is 12.4. The van der Waals surface area contributed by atoms with E-state index in [2.05, 4.69) is 16.5 Å². The molecule has 5 heteroatoms. The van der Waals surface area contributed by atoms with Gasteiger partial charge in [-0.1, -0.05) is 6.08 Å².